The zero-order valence-corrected chi connectivity index (χ0v) is 13.5. The second-order valence-corrected chi connectivity index (χ2v) is 6.41. The maximum atomic E-state index is 12.4. The lowest BCUT2D eigenvalue weighted by molar-refractivity contribution is -0.00923. The van der Waals surface area contributed by atoms with Crippen LogP contribution < -0.4 is 5.32 Å². The van der Waals surface area contributed by atoms with E-state index < -0.39 is 0 Å². The first kappa shape index (κ1) is 16.0. The predicted molar refractivity (Wildman–Crippen MR) is 84.7 cm³/mol. The molecule has 1 saturated heterocycles. The molecule has 0 atom stereocenters. The number of nitrogens with zero attached hydrogens (tertiary/aromatic N) is 1. The van der Waals surface area contributed by atoms with Gasteiger partial charge in [0.15, 0.2) is 0 Å². The molecule has 4 heteroatoms. The number of hydrogen-bond donors (Lipinski definition) is 1. The smallest absolute Gasteiger partial charge is 0.251 e. The first-order valence-corrected chi connectivity index (χ1v) is 7.58. The lowest BCUT2D eigenvalue weighted by Crippen LogP contribution is -2.55. The van der Waals surface area contributed by atoms with E-state index in [2.05, 4.69) is 24.1 Å². The van der Waals surface area contributed by atoms with Gasteiger partial charge in [0.05, 0.1) is 13.2 Å². The number of nitrogens with one attached hydrogen (secondary N) is 1. The van der Waals surface area contributed by atoms with E-state index in [4.69, 9.17) is 4.74 Å². The summed E-state index contributed by atoms with van der Waals surface area (Å²) in [4.78, 5) is 14.7. The van der Waals surface area contributed by atoms with Crippen LogP contribution in [0.15, 0.2) is 18.2 Å². The maximum Gasteiger partial charge on any atom is 0.251 e. The highest BCUT2D eigenvalue weighted by atomic mass is 16.5. The topological polar surface area (TPSA) is 41.6 Å². The average molecular weight is 290 g/mol. The third kappa shape index (κ3) is 4.05. The van der Waals surface area contributed by atoms with Crippen LogP contribution >= 0.6 is 0 Å². The highest BCUT2D eigenvalue weighted by Gasteiger charge is 2.28. The number of ether oxygens (including phenoxy) is 1. The molecule has 0 spiro atoms. The van der Waals surface area contributed by atoms with Crippen LogP contribution in [0, 0.1) is 13.8 Å². The van der Waals surface area contributed by atoms with Crippen molar-refractivity contribution >= 4 is 5.91 Å². The largest absolute Gasteiger partial charge is 0.379 e. The van der Waals surface area contributed by atoms with Gasteiger partial charge < -0.3 is 10.1 Å². The minimum atomic E-state index is -0.0575. The standard InChI is InChI=1S/C17H26N2O2/c1-13-5-6-15(14(2)11-13)16(20)18-12-17(3,4)19-7-9-21-10-8-19/h5-6,11H,7-10,12H2,1-4H3,(H,18,20). The van der Waals surface area contributed by atoms with E-state index in [1.165, 1.54) is 5.56 Å². The van der Waals surface area contributed by atoms with Gasteiger partial charge in [0.2, 0.25) is 0 Å². The van der Waals surface area contributed by atoms with E-state index in [0.29, 0.717) is 6.54 Å². The number of aryl methyl sites for hydroxylation is 2. The Morgan fingerprint density at radius 1 is 1.29 bits per heavy atom. The predicted octanol–water partition coefficient (Wildman–Crippen LogP) is 2.14. The second kappa shape index (κ2) is 6.58. The van der Waals surface area contributed by atoms with Gasteiger partial charge in [-0.25, -0.2) is 0 Å². The van der Waals surface area contributed by atoms with Crippen LogP contribution in [0.25, 0.3) is 0 Å². The molecule has 1 N–H and O–H groups in total. The van der Waals surface area contributed by atoms with E-state index in [0.717, 1.165) is 37.4 Å². The Hall–Kier alpha value is -1.39. The van der Waals surface area contributed by atoms with Crippen molar-refractivity contribution in [3.63, 3.8) is 0 Å². The molecule has 4 nitrogen and oxygen atoms in total. The van der Waals surface area contributed by atoms with Gasteiger partial charge in [-0.15, -0.1) is 0 Å². The summed E-state index contributed by atoms with van der Waals surface area (Å²) in [5.74, 6) is 0.00818. The number of rotatable bonds is 4. The van der Waals surface area contributed by atoms with Crippen molar-refractivity contribution in [1.29, 1.82) is 0 Å². The van der Waals surface area contributed by atoms with Gasteiger partial charge in [-0.2, -0.15) is 0 Å². The Morgan fingerprint density at radius 2 is 1.95 bits per heavy atom. The van der Waals surface area contributed by atoms with Gasteiger partial charge in [0.25, 0.3) is 5.91 Å². The van der Waals surface area contributed by atoms with Crippen LogP contribution in [0.1, 0.15) is 35.3 Å². The molecule has 2 rings (SSSR count). The molecular weight excluding hydrogens is 264 g/mol. The summed E-state index contributed by atoms with van der Waals surface area (Å²) < 4.78 is 5.39. The van der Waals surface area contributed by atoms with Gasteiger partial charge >= 0.3 is 0 Å². The molecule has 0 bridgehead atoms. The monoisotopic (exact) mass is 290 g/mol. The summed E-state index contributed by atoms with van der Waals surface area (Å²) in [5.41, 5.74) is 2.91. The Balaban J connectivity index is 1.96. The lowest BCUT2D eigenvalue weighted by atomic mass is 10.0. The molecule has 1 aromatic rings. The van der Waals surface area contributed by atoms with Crippen LogP contribution in [0.5, 0.6) is 0 Å². The molecule has 0 aromatic heterocycles. The molecule has 1 heterocycles. The van der Waals surface area contributed by atoms with Gasteiger partial charge in [-0.05, 0) is 39.3 Å². The normalized spacial score (nSPS) is 16.8. The van der Waals surface area contributed by atoms with Gasteiger partial charge in [0.1, 0.15) is 0 Å². The fraction of sp³-hybridized carbons (Fsp3) is 0.588. The first-order chi connectivity index (χ1) is 9.90. The van der Waals surface area contributed by atoms with E-state index in [9.17, 15) is 4.79 Å². The minimum Gasteiger partial charge on any atom is -0.379 e. The molecular formula is C17H26N2O2. The van der Waals surface area contributed by atoms with Crippen LogP contribution in [0.2, 0.25) is 0 Å². The Labute approximate surface area is 127 Å². The van der Waals surface area contributed by atoms with Crippen molar-refractivity contribution in [3.05, 3.63) is 34.9 Å². The van der Waals surface area contributed by atoms with E-state index >= 15 is 0 Å². The number of amides is 1. The Morgan fingerprint density at radius 3 is 2.57 bits per heavy atom. The van der Waals surface area contributed by atoms with Crippen LogP contribution in [-0.2, 0) is 4.74 Å². The summed E-state index contributed by atoms with van der Waals surface area (Å²) in [6.45, 7) is 12.4. The zero-order chi connectivity index (χ0) is 15.5. The Kier molecular flexibility index (Phi) is 5.01. The van der Waals surface area contributed by atoms with Crippen LogP contribution in [0.3, 0.4) is 0 Å². The third-order valence-corrected chi connectivity index (χ3v) is 4.18. The number of hydrogen-bond acceptors (Lipinski definition) is 3. The van der Waals surface area contributed by atoms with E-state index in [1.54, 1.807) is 0 Å². The fourth-order valence-electron chi connectivity index (χ4n) is 2.74. The summed E-state index contributed by atoms with van der Waals surface area (Å²) in [6, 6.07) is 5.93. The van der Waals surface area contributed by atoms with Gasteiger partial charge in [-0.3, -0.25) is 9.69 Å². The molecule has 0 aliphatic carbocycles. The van der Waals surface area contributed by atoms with Gasteiger partial charge in [-0.1, -0.05) is 17.7 Å². The van der Waals surface area contributed by atoms with Crippen molar-refractivity contribution in [2.45, 2.75) is 33.2 Å². The summed E-state index contributed by atoms with van der Waals surface area (Å²) in [7, 11) is 0. The first-order valence-electron chi connectivity index (χ1n) is 7.58. The molecule has 21 heavy (non-hydrogen) atoms. The maximum absolute atomic E-state index is 12.4. The molecule has 1 fully saturated rings. The van der Waals surface area contributed by atoms with Crippen molar-refractivity contribution in [2.75, 3.05) is 32.8 Å². The highest BCUT2D eigenvalue weighted by molar-refractivity contribution is 5.95. The number of benzene rings is 1. The van der Waals surface area contributed by atoms with Crippen molar-refractivity contribution < 1.29 is 9.53 Å². The third-order valence-electron chi connectivity index (χ3n) is 4.18. The number of carbonyl (C=O) groups is 1. The zero-order valence-electron chi connectivity index (χ0n) is 13.5. The van der Waals surface area contributed by atoms with Crippen molar-refractivity contribution in [2.24, 2.45) is 0 Å². The molecule has 0 unspecified atom stereocenters. The molecule has 0 saturated carbocycles. The molecule has 1 aliphatic heterocycles. The average Bonchev–Trinajstić information content (AvgIpc) is 2.46. The quantitative estimate of drug-likeness (QED) is 0.924. The fourth-order valence-corrected chi connectivity index (χ4v) is 2.74. The van der Waals surface area contributed by atoms with E-state index in [1.807, 2.05) is 32.0 Å². The minimum absolute atomic E-state index is 0.00818. The highest BCUT2D eigenvalue weighted by Crippen LogP contribution is 2.16. The summed E-state index contributed by atoms with van der Waals surface area (Å²) in [5, 5.41) is 3.08. The molecule has 116 valence electrons. The molecule has 1 aliphatic rings. The van der Waals surface area contributed by atoms with Crippen LogP contribution in [-0.4, -0.2) is 49.2 Å². The van der Waals surface area contributed by atoms with Crippen molar-refractivity contribution in [3.8, 4) is 0 Å². The summed E-state index contributed by atoms with van der Waals surface area (Å²) >= 11 is 0. The number of morpholine rings is 1. The lowest BCUT2D eigenvalue weighted by Gasteiger charge is -2.40. The summed E-state index contributed by atoms with van der Waals surface area (Å²) in [6.07, 6.45) is 0. The molecule has 1 aromatic carbocycles. The SMILES string of the molecule is Cc1ccc(C(=O)NCC(C)(C)N2CCOCC2)c(C)c1. The molecule has 0 radical (unpaired) electrons. The second-order valence-electron chi connectivity index (χ2n) is 6.41. The van der Waals surface area contributed by atoms with E-state index in [-0.39, 0.29) is 11.4 Å². The molecule has 1 amide bonds. The van der Waals surface area contributed by atoms with Gasteiger partial charge in [0, 0.05) is 30.7 Å². The van der Waals surface area contributed by atoms with Crippen LogP contribution in [0.4, 0.5) is 0 Å². The number of carbonyl (C=O) groups excluding carboxylic acids is 1. The van der Waals surface area contributed by atoms with Crippen molar-refractivity contribution in [1.82, 2.24) is 10.2 Å². The Bertz CT molecular complexity index is 506.